The van der Waals surface area contributed by atoms with Crippen LogP contribution in [0.15, 0.2) is 42.2 Å². The standard InChI is InChI=1S/C19H19N3O6/c1-12(2)18(23)21-10-4-6-15(21)19(24)28-11-27-16-8-7-14(22(25)26)13-5-3-9-20-17(13)16/h3,5-9,12H,4,10-11H2,1-2H3. The van der Waals surface area contributed by atoms with Gasteiger partial charge in [-0.15, -0.1) is 0 Å². The molecule has 1 aliphatic rings. The van der Waals surface area contributed by atoms with Gasteiger partial charge in [0.15, 0.2) is 0 Å². The molecule has 1 amide bonds. The molecule has 28 heavy (non-hydrogen) atoms. The summed E-state index contributed by atoms with van der Waals surface area (Å²) in [6.07, 6.45) is 3.73. The number of rotatable bonds is 6. The lowest BCUT2D eigenvalue weighted by Gasteiger charge is -2.21. The number of benzene rings is 1. The van der Waals surface area contributed by atoms with Crippen molar-refractivity contribution >= 4 is 28.5 Å². The number of esters is 1. The summed E-state index contributed by atoms with van der Waals surface area (Å²) < 4.78 is 10.6. The van der Waals surface area contributed by atoms with Gasteiger partial charge in [-0.1, -0.05) is 19.9 Å². The molecule has 146 valence electrons. The van der Waals surface area contributed by atoms with Gasteiger partial charge in [0.05, 0.1) is 10.3 Å². The Morgan fingerprint density at radius 3 is 2.82 bits per heavy atom. The molecular formula is C19H19N3O6. The van der Waals surface area contributed by atoms with Crippen LogP contribution < -0.4 is 4.74 Å². The molecule has 1 aromatic heterocycles. The summed E-state index contributed by atoms with van der Waals surface area (Å²) >= 11 is 0. The van der Waals surface area contributed by atoms with E-state index < -0.39 is 17.7 Å². The van der Waals surface area contributed by atoms with Gasteiger partial charge >= 0.3 is 5.97 Å². The minimum absolute atomic E-state index is 0.0913. The normalized spacial score (nSPS) is 13.5. The number of nitro benzene ring substituents is 1. The van der Waals surface area contributed by atoms with Gasteiger partial charge in [0.2, 0.25) is 12.7 Å². The average Bonchev–Trinajstić information content (AvgIpc) is 3.16. The Morgan fingerprint density at radius 1 is 1.32 bits per heavy atom. The van der Waals surface area contributed by atoms with Crippen molar-refractivity contribution in [1.29, 1.82) is 0 Å². The predicted molar refractivity (Wildman–Crippen MR) is 99.2 cm³/mol. The highest BCUT2D eigenvalue weighted by Crippen LogP contribution is 2.31. The van der Waals surface area contributed by atoms with Crippen LogP contribution >= 0.6 is 0 Å². The Morgan fingerprint density at radius 2 is 2.11 bits per heavy atom. The summed E-state index contributed by atoms with van der Waals surface area (Å²) in [6.45, 7) is 3.56. The third kappa shape index (κ3) is 3.78. The minimum Gasteiger partial charge on any atom is -0.455 e. The largest absolute Gasteiger partial charge is 0.455 e. The number of aromatic nitrogens is 1. The highest BCUT2D eigenvalue weighted by molar-refractivity contribution is 5.95. The monoisotopic (exact) mass is 385 g/mol. The van der Waals surface area contributed by atoms with Crippen LogP contribution in [0, 0.1) is 16.0 Å². The number of nitrogens with zero attached hydrogens (tertiary/aromatic N) is 3. The van der Waals surface area contributed by atoms with E-state index in [0.29, 0.717) is 23.9 Å². The second kappa shape index (κ2) is 8.03. The zero-order valence-electron chi connectivity index (χ0n) is 15.5. The van der Waals surface area contributed by atoms with Gasteiger partial charge in [-0.3, -0.25) is 19.9 Å². The summed E-state index contributed by atoms with van der Waals surface area (Å²) in [5.41, 5.74) is 0.407. The number of hydrogen-bond acceptors (Lipinski definition) is 7. The molecule has 0 aliphatic carbocycles. The zero-order valence-corrected chi connectivity index (χ0v) is 15.5. The maximum absolute atomic E-state index is 12.3. The van der Waals surface area contributed by atoms with Crippen molar-refractivity contribution in [2.24, 2.45) is 5.92 Å². The molecule has 0 radical (unpaired) electrons. The van der Waals surface area contributed by atoms with Gasteiger partial charge < -0.3 is 14.4 Å². The third-order valence-electron chi connectivity index (χ3n) is 4.26. The Kier molecular flexibility index (Phi) is 5.53. The fraction of sp³-hybridized carbons (Fsp3) is 0.316. The van der Waals surface area contributed by atoms with E-state index in [-0.39, 0.29) is 29.0 Å². The number of hydrogen-bond donors (Lipinski definition) is 0. The highest BCUT2D eigenvalue weighted by Gasteiger charge is 2.29. The molecular weight excluding hydrogens is 366 g/mol. The quantitative estimate of drug-likeness (QED) is 0.325. The first kappa shape index (κ1) is 19.3. The number of fused-ring (bicyclic) bond motifs is 1. The van der Waals surface area contributed by atoms with E-state index >= 15 is 0 Å². The van der Waals surface area contributed by atoms with Crippen LogP contribution in [-0.2, 0) is 14.3 Å². The molecule has 2 heterocycles. The van der Waals surface area contributed by atoms with Crippen molar-refractivity contribution in [2.45, 2.75) is 20.3 Å². The SMILES string of the molecule is CC(C)C(=O)N1CCC=C1C(=O)OCOc1ccc([N+](=O)[O-])c2cccnc12. The van der Waals surface area contributed by atoms with E-state index in [9.17, 15) is 19.7 Å². The van der Waals surface area contributed by atoms with Crippen LogP contribution in [0.5, 0.6) is 5.75 Å². The Bertz CT molecular complexity index is 969. The molecule has 0 spiro atoms. The lowest BCUT2D eigenvalue weighted by Crippen LogP contribution is -2.35. The molecule has 0 fully saturated rings. The number of non-ortho nitro benzene ring substituents is 1. The third-order valence-corrected chi connectivity index (χ3v) is 4.26. The summed E-state index contributed by atoms with van der Waals surface area (Å²) in [6, 6.07) is 5.87. The number of nitro groups is 1. The van der Waals surface area contributed by atoms with Gasteiger partial charge in [-0.05, 0) is 24.6 Å². The molecule has 1 aromatic carbocycles. The van der Waals surface area contributed by atoms with Crippen molar-refractivity contribution < 1.29 is 24.0 Å². The zero-order chi connectivity index (χ0) is 20.3. The molecule has 0 bridgehead atoms. The summed E-state index contributed by atoms with van der Waals surface area (Å²) in [4.78, 5) is 40.7. The van der Waals surface area contributed by atoms with Gasteiger partial charge in [-0.2, -0.15) is 0 Å². The van der Waals surface area contributed by atoms with Gasteiger partial charge in [0.25, 0.3) is 5.69 Å². The van der Waals surface area contributed by atoms with Crippen molar-refractivity contribution in [3.05, 3.63) is 52.3 Å². The Balaban J connectivity index is 1.69. The van der Waals surface area contributed by atoms with Crippen molar-refractivity contribution in [2.75, 3.05) is 13.3 Å². The fourth-order valence-electron chi connectivity index (χ4n) is 2.92. The molecule has 9 heteroatoms. The first-order chi connectivity index (χ1) is 13.4. The highest BCUT2D eigenvalue weighted by atomic mass is 16.7. The molecule has 1 aliphatic heterocycles. The van der Waals surface area contributed by atoms with Crippen molar-refractivity contribution in [1.82, 2.24) is 9.88 Å². The van der Waals surface area contributed by atoms with E-state index in [1.54, 1.807) is 32.1 Å². The molecule has 9 nitrogen and oxygen atoms in total. The van der Waals surface area contributed by atoms with Gasteiger partial charge in [0, 0.05) is 24.7 Å². The lowest BCUT2D eigenvalue weighted by atomic mass is 10.1. The number of pyridine rings is 1. The molecule has 0 saturated carbocycles. The summed E-state index contributed by atoms with van der Waals surface area (Å²) in [7, 11) is 0. The van der Waals surface area contributed by atoms with Crippen LogP contribution in [0.4, 0.5) is 5.69 Å². The molecule has 0 N–H and O–H groups in total. The van der Waals surface area contributed by atoms with Gasteiger partial charge in [-0.25, -0.2) is 4.79 Å². The minimum atomic E-state index is -0.661. The molecule has 3 rings (SSSR count). The molecule has 0 unspecified atom stereocenters. The van der Waals surface area contributed by atoms with E-state index in [4.69, 9.17) is 9.47 Å². The second-order valence-electron chi connectivity index (χ2n) is 6.46. The number of carbonyl (C=O) groups excluding carboxylic acids is 2. The average molecular weight is 385 g/mol. The van der Waals surface area contributed by atoms with E-state index in [2.05, 4.69) is 4.98 Å². The van der Waals surface area contributed by atoms with Crippen LogP contribution in [-0.4, -0.2) is 40.0 Å². The summed E-state index contributed by atoms with van der Waals surface area (Å²) in [5.74, 6) is -0.787. The predicted octanol–water partition coefficient (Wildman–Crippen LogP) is 2.79. The lowest BCUT2D eigenvalue weighted by molar-refractivity contribution is -0.383. The topological polar surface area (TPSA) is 112 Å². The van der Waals surface area contributed by atoms with Crippen LogP contribution in [0.3, 0.4) is 0 Å². The summed E-state index contributed by atoms with van der Waals surface area (Å²) in [5, 5.41) is 11.5. The number of ether oxygens (including phenoxy) is 2. The van der Waals surface area contributed by atoms with Gasteiger partial charge in [0.1, 0.15) is 17.0 Å². The van der Waals surface area contributed by atoms with Crippen molar-refractivity contribution in [3.8, 4) is 5.75 Å². The van der Waals surface area contributed by atoms with Crippen LogP contribution in [0.1, 0.15) is 20.3 Å². The smallest absolute Gasteiger partial charge is 0.357 e. The molecule has 0 atom stereocenters. The Hall–Kier alpha value is -3.49. The van der Waals surface area contributed by atoms with Crippen LogP contribution in [0.2, 0.25) is 0 Å². The number of carbonyl (C=O) groups is 2. The molecule has 2 aromatic rings. The van der Waals surface area contributed by atoms with Crippen LogP contribution in [0.25, 0.3) is 10.9 Å². The fourth-order valence-corrected chi connectivity index (χ4v) is 2.92. The van der Waals surface area contributed by atoms with E-state index in [1.165, 1.54) is 23.2 Å². The maximum atomic E-state index is 12.3. The maximum Gasteiger partial charge on any atom is 0.357 e. The Labute approximate surface area is 160 Å². The van der Waals surface area contributed by atoms with E-state index in [1.807, 2.05) is 0 Å². The van der Waals surface area contributed by atoms with Crippen molar-refractivity contribution in [3.63, 3.8) is 0 Å². The second-order valence-corrected chi connectivity index (χ2v) is 6.46. The first-order valence-electron chi connectivity index (χ1n) is 8.73. The number of amides is 1. The molecule has 0 saturated heterocycles. The van der Waals surface area contributed by atoms with E-state index in [0.717, 1.165) is 0 Å². The first-order valence-corrected chi connectivity index (χ1v) is 8.73.